The number of ether oxygens (including phenoxy) is 4. The number of carbonyl (C=O) groups is 2. The molecule has 2 atom stereocenters. The lowest BCUT2D eigenvalue weighted by atomic mass is 9.94. The molecule has 0 bridgehead atoms. The van der Waals surface area contributed by atoms with Gasteiger partial charge >= 0.3 is 30.0 Å². The van der Waals surface area contributed by atoms with E-state index >= 15 is 0 Å². The first-order chi connectivity index (χ1) is 15.0. The first kappa shape index (κ1) is 22.4. The van der Waals surface area contributed by atoms with Crippen molar-refractivity contribution in [3.8, 4) is 18.0 Å². The Morgan fingerprint density at radius 2 is 1.65 bits per heavy atom. The summed E-state index contributed by atoms with van der Waals surface area (Å²) in [5.41, 5.74) is 0.924. The van der Waals surface area contributed by atoms with Crippen LogP contribution < -0.4 is 14.2 Å². The zero-order valence-corrected chi connectivity index (χ0v) is 17.8. The van der Waals surface area contributed by atoms with Crippen molar-refractivity contribution in [2.75, 3.05) is 33.9 Å². The van der Waals surface area contributed by atoms with Crippen LogP contribution in [0.5, 0.6) is 18.0 Å². The summed E-state index contributed by atoms with van der Waals surface area (Å²) in [5.74, 6) is -1.18. The second-order valence-corrected chi connectivity index (χ2v) is 7.13. The molecule has 0 radical (unpaired) electrons. The molecule has 0 aliphatic carbocycles. The molecule has 31 heavy (non-hydrogen) atoms. The maximum Gasteiger partial charge on any atom is 0.333 e. The lowest BCUT2D eigenvalue weighted by Gasteiger charge is -2.15. The van der Waals surface area contributed by atoms with E-state index in [9.17, 15) is 9.59 Å². The maximum atomic E-state index is 12.8. The van der Waals surface area contributed by atoms with Gasteiger partial charge in [-0.1, -0.05) is 43.7 Å². The first-order valence-corrected chi connectivity index (χ1v) is 10.00. The number of esters is 2. The van der Waals surface area contributed by atoms with E-state index in [0.717, 1.165) is 12.0 Å². The van der Waals surface area contributed by atoms with Gasteiger partial charge < -0.3 is 18.9 Å². The van der Waals surface area contributed by atoms with E-state index < -0.39 is 11.9 Å². The van der Waals surface area contributed by atoms with Gasteiger partial charge in [0, 0.05) is 13.1 Å². The zero-order valence-electron chi connectivity index (χ0n) is 17.8. The van der Waals surface area contributed by atoms with E-state index in [1.165, 1.54) is 14.2 Å². The summed E-state index contributed by atoms with van der Waals surface area (Å²) in [6.45, 7) is 3.31. The average molecular weight is 430 g/mol. The Morgan fingerprint density at radius 1 is 1.00 bits per heavy atom. The fourth-order valence-electron chi connectivity index (χ4n) is 3.45. The van der Waals surface area contributed by atoms with Gasteiger partial charge in [-0.05, 0) is 11.5 Å². The van der Waals surface area contributed by atoms with Crippen molar-refractivity contribution >= 4 is 11.9 Å². The van der Waals surface area contributed by atoms with Gasteiger partial charge in [-0.3, -0.25) is 14.5 Å². The van der Waals surface area contributed by atoms with Crippen LogP contribution in [0.3, 0.4) is 0 Å². The highest BCUT2D eigenvalue weighted by atomic mass is 16.6. The second-order valence-electron chi connectivity index (χ2n) is 7.13. The van der Waals surface area contributed by atoms with Crippen molar-refractivity contribution in [2.24, 2.45) is 11.8 Å². The summed E-state index contributed by atoms with van der Waals surface area (Å²) >= 11 is 0. The Kier molecular flexibility index (Phi) is 7.71. The van der Waals surface area contributed by atoms with E-state index in [4.69, 9.17) is 18.9 Å². The van der Waals surface area contributed by atoms with Crippen LogP contribution in [0.1, 0.15) is 18.9 Å². The Balaban J connectivity index is 1.56. The Labute approximate surface area is 180 Å². The van der Waals surface area contributed by atoms with Crippen molar-refractivity contribution in [3.63, 3.8) is 0 Å². The number of benzene rings is 1. The standard InChI is InChI=1S/C21H26N4O6/c1-4-15-10-25(12-17(26)30-13-14-8-6-5-7-9-14)11-16(15)18(27)31-21-23-19(28-2)22-20(24-21)29-3/h5-9,15-16H,4,10-13H2,1-3H3. The minimum atomic E-state index is -0.470. The topological polar surface area (TPSA) is 113 Å². The summed E-state index contributed by atoms with van der Waals surface area (Å²) in [4.78, 5) is 38.7. The molecule has 0 saturated carbocycles. The quantitative estimate of drug-likeness (QED) is 0.542. The fourth-order valence-corrected chi connectivity index (χ4v) is 3.45. The molecule has 1 aromatic carbocycles. The van der Waals surface area contributed by atoms with Gasteiger partial charge in [0.1, 0.15) is 6.61 Å². The van der Waals surface area contributed by atoms with Gasteiger partial charge in [-0.25, -0.2) is 0 Å². The molecule has 1 aliphatic rings. The third-order valence-electron chi connectivity index (χ3n) is 5.07. The van der Waals surface area contributed by atoms with Crippen molar-refractivity contribution in [1.29, 1.82) is 0 Å². The SMILES string of the molecule is CCC1CN(CC(=O)OCc2ccccc2)CC1C(=O)Oc1nc(OC)nc(OC)n1. The predicted molar refractivity (Wildman–Crippen MR) is 109 cm³/mol. The van der Waals surface area contributed by atoms with Crippen LogP contribution in [0, 0.1) is 11.8 Å². The maximum absolute atomic E-state index is 12.8. The lowest BCUT2D eigenvalue weighted by molar-refractivity contribution is -0.146. The molecule has 1 aliphatic heterocycles. The molecule has 1 aromatic heterocycles. The number of hydrogen-bond donors (Lipinski definition) is 0. The minimum absolute atomic E-state index is 0.0177. The van der Waals surface area contributed by atoms with Gasteiger partial charge in [-0.2, -0.15) is 0 Å². The van der Waals surface area contributed by atoms with Gasteiger partial charge in [0.15, 0.2) is 0 Å². The predicted octanol–water partition coefficient (Wildman–Crippen LogP) is 1.50. The first-order valence-electron chi connectivity index (χ1n) is 10.00. The molecule has 3 rings (SSSR count). The van der Waals surface area contributed by atoms with E-state index in [1.807, 2.05) is 42.2 Å². The highest BCUT2D eigenvalue weighted by Crippen LogP contribution is 2.28. The van der Waals surface area contributed by atoms with Crippen LogP contribution in [0.15, 0.2) is 30.3 Å². The van der Waals surface area contributed by atoms with Crippen molar-refractivity contribution in [3.05, 3.63) is 35.9 Å². The molecule has 1 fully saturated rings. The second kappa shape index (κ2) is 10.7. The van der Waals surface area contributed by atoms with Gasteiger partial charge in [-0.15, -0.1) is 15.0 Å². The summed E-state index contributed by atoms with van der Waals surface area (Å²) in [5, 5.41) is 0. The van der Waals surface area contributed by atoms with Crippen LogP contribution in [-0.2, 0) is 20.9 Å². The number of methoxy groups -OCH3 is 2. The smallest absolute Gasteiger partial charge is 0.333 e. The van der Waals surface area contributed by atoms with Crippen LogP contribution in [-0.4, -0.2) is 65.6 Å². The molecule has 2 unspecified atom stereocenters. The van der Waals surface area contributed by atoms with Crippen LogP contribution in [0.2, 0.25) is 0 Å². The van der Waals surface area contributed by atoms with E-state index in [1.54, 1.807) is 0 Å². The summed E-state index contributed by atoms with van der Waals surface area (Å²) in [7, 11) is 2.78. The Bertz CT molecular complexity index is 872. The summed E-state index contributed by atoms with van der Waals surface area (Å²) in [6, 6.07) is 9.26. The van der Waals surface area contributed by atoms with Gasteiger partial charge in [0.05, 0.1) is 26.7 Å². The molecule has 0 amide bonds. The van der Waals surface area contributed by atoms with Gasteiger partial charge in [0.25, 0.3) is 0 Å². The molecule has 10 heteroatoms. The molecule has 0 spiro atoms. The monoisotopic (exact) mass is 430 g/mol. The molecule has 10 nitrogen and oxygen atoms in total. The summed E-state index contributed by atoms with van der Waals surface area (Å²) < 4.78 is 20.7. The van der Waals surface area contributed by atoms with Crippen LogP contribution in [0.4, 0.5) is 0 Å². The Morgan fingerprint density at radius 3 is 2.26 bits per heavy atom. The van der Waals surface area contributed by atoms with Crippen molar-refractivity contribution < 1.29 is 28.5 Å². The van der Waals surface area contributed by atoms with E-state index in [-0.39, 0.29) is 43.1 Å². The normalized spacial score (nSPS) is 18.4. The number of nitrogens with zero attached hydrogens (tertiary/aromatic N) is 4. The largest absolute Gasteiger partial charge is 0.467 e. The minimum Gasteiger partial charge on any atom is -0.467 e. The number of rotatable bonds is 9. The molecule has 2 heterocycles. The molecule has 0 N–H and O–H groups in total. The van der Waals surface area contributed by atoms with E-state index in [2.05, 4.69) is 15.0 Å². The number of hydrogen-bond acceptors (Lipinski definition) is 10. The fraction of sp³-hybridized carbons (Fsp3) is 0.476. The van der Waals surface area contributed by atoms with Crippen molar-refractivity contribution in [1.82, 2.24) is 19.9 Å². The summed E-state index contributed by atoms with van der Waals surface area (Å²) in [6.07, 6.45) is 0.763. The van der Waals surface area contributed by atoms with Crippen LogP contribution >= 0.6 is 0 Å². The third-order valence-corrected chi connectivity index (χ3v) is 5.07. The molecular formula is C21H26N4O6. The number of aromatic nitrogens is 3. The average Bonchev–Trinajstić information content (AvgIpc) is 3.21. The van der Waals surface area contributed by atoms with Crippen molar-refractivity contribution in [2.45, 2.75) is 20.0 Å². The van der Waals surface area contributed by atoms with Gasteiger partial charge in [0.2, 0.25) is 0 Å². The number of likely N-dealkylation sites (tertiary alicyclic amines) is 1. The number of carbonyl (C=O) groups excluding carboxylic acids is 2. The third kappa shape index (κ3) is 6.11. The van der Waals surface area contributed by atoms with E-state index in [0.29, 0.717) is 13.1 Å². The zero-order chi connectivity index (χ0) is 22.2. The highest BCUT2D eigenvalue weighted by molar-refractivity contribution is 5.76. The molecule has 166 valence electrons. The van der Waals surface area contributed by atoms with Crippen LogP contribution in [0.25, 0.3) is 0 Å². The lowest BCUT2D eigenvalue weighted by Crippen LogP contribution is -2.31. The highest BCUT2D eigenvalue weighted by Gasteiger charge is 2.39. The Hall–Kier alpha value is -3.27. The molecule has 2 aromatic rings. The molecule has 1 saturated heterocycles. The molecular weight excluding hydrogens is 404 g/mol.